The van der Waals surface area contributed by atoms with Crippen molar-refractivity contribution in [2.75, 3.05) is 13.7 Å². The van der Waals surface area contributed by atoms with Gasteiger partial charge in [-0.15, -0.1) is 11.3 Å². The van der Waals surface area contributed by atoms with Crippen molar-refractivity contribution in [3.63, 3.8) is 0 Å². The first-order valence-corrected chi connectivity index (χ1v) is 7.90. The molecule has 0 saturated carbocycles. The highest BCUT2D eigenvalue weighted by atomic mass is 32.1. The summed E-state index contributed by atoms with van der Waals surface area (Å²) in [6.45, 7) is 2.84. The van der Waals surface area contributed by atoms with Crippen LogP contribution in [0.25, 0.3) is 0 Å². The van der Waals surface area contributed by atoms with E-state index in [1.807, 2.05) is 48.7 Å². The maximum atomic E-state index is 11.7. The van der Waals surface area contributed by atoms with Crippen LogP contribution >= 0.6 is 11.3 Å². The number of nitrogens with one attached hydrogen (secondary N) is 2. The van der Waals surface area contributed by atoms with Gasteiger partial charge >= 0.3 is 6.03 Å². The molecule has 0 spiro atoms. The lowest BCUT2D eigenvalue weighted by Crippen LogP contribution is -2.40. The minimum Gasteiger partial charge on any atom is -0.493 e. The van der Waals surface area contributed by atoms with Crippen molar-refractivity contribution in [2.24, 2.45) is 0 Å². The van der Waals surface area contributed by atoms with E-state index in [0.29, 0.717) is 24.6 Å². The molecule has 0 unspecified atom stereocenters. The van der Waals surface area contributed by atoms with E-state index in [0.717, 1.165) is 4.88 Å². The van der Waals surface area contributed by atoms with E-state index in [1.165, 1.54) is 0 Å². The van der Waals surface area contributed by atoms with Crippen molar-refractivity contribution < 1.29 is 14.3 Å². The number of para-hydroxylation sites is 2. The number of hydrogen-bond acceptors (Lipinski definition) is 4. The summed E-state index contributed by atoms with van der Waals surface area (Å²) in [7, 11) is 1.60. The van der Waals surface area contributed by atoms with Crippen LogP contribution in [0.5, 0.6) is 11.5 Å². The van der Waals surface area contributed by atoms with Gasteiger partial charge in [-0.2, -0.15) is 0 Å². The van der Waals surface area contributed by atoms with E-state index in [2.05, 4.69) is 10.6 Å². The number of urea groups is 1. The molecule has 0 radical (unpaired) electrons. The minimum atomic E-state index is -0.205. The first-order valence-electron chi connectivity index (χ1n) is 7.03. The zero-order chi connectivity index (χ0) is 15.8. The molecule has 1 aromatic carbocycles. The number of amides is 2. The second-order valence-corrected chi connectivity index (χ2v) is 5.75. The van der Waals surface area contributed by atoms with Crippen LogP contribution in [0.1, 0.15) is 11.8 Å². The number of methoxy groups -OCH3 is 1. The molecule has 2 rings (SSSR count). The van der Waals surface area contributed by atoms with Crippen LogP contribution in [-0.4, -0.2) is 25.8 Å². The van der Waals surface area contributed by atoms with Crippen LogP contribution in [0, 0.1) is 0 Å². The van der Waals surface area contributed by atoms with Crippen molar-refractivity contribution in [3.05, 3.63) is 46.7 Å². The second kappa shape index (κ2) is 8.29. The van der Waals surface area contributed by atoms with Gasteiger partial charge in [-0.25, -0.2) is 4.79 Å². The summed E-state index contributed by atoms with van der Waals surface area (Å²) in [5.41, 5.74) is 0. The molecule has 1 atom stereocenters. The van der Waals surface area contributed by atoms with Crippen LogP contribution in [-0.2, 0) is 6.54 Å². The van der Waals surface area contributed by atoms with Gasteiger partial charge in [0.1, 0.15) is 6.10 Å². The van der Waals surface area contributed by atoms with Crippen molar-refractivity contribution in [2.45, 2.75) is 19.6 Å². The molecule has 0 saturated heterocycles. The Morgan fingerprint density at radius 2 is 1.95 bits per heavy atom. The van der Waals surface area contributed by atoms with E-state index in [9.17, 15) is 4.79 Å². The van der Waals surface area contributed by atoms with Crippen LogP contribution in [0.15, 0.2) is 41.8 Å². The molecule has 118 valence electrons. The highest BCUT2D eigenvalue weighted by molar-refractivity contribution is 7.09. The van der Waals surface area contributed by atoms with Gasteiger partial charge in [-0.3, -0.25) is 0 Å². The summed E-state index contributed by atoms with van der Waals surface area (Å²) in [5.74, 6) is 1.34. The van der Waals surface area contributed by atoms with E-state index in [-0.39, 0.29) is 12.1 Å². The predicted molar refractivity (Wildman–Crippen MR) is 87.6 cm³/mol. The lowest BCUT2D eigenvalue weighted by atomic mass is 10.3. The molecule has 2 aromatic rings. The van der Waals surface area contributed by atoms with E-state index in [1.54, 1.807) is 18.4 Å². The van der Waals surface area contributed by atoms with Crippen molar-refractivity contribution in [1.82, 2.24) is 10.6 Å². The first-order chi connectivity index (χ1) is 10.7. The summed E-state index contributed by atoms with van der Waals surface area (Å²) >= 11 is 1.61. The Balaban J connectivity index is 1.72. The average molecular weight is 320 g/mol. The zero-order valence-corrected chi connectivity index (χ0v) is 13.5. The molecule has 5 nitrogen and oxygen atoms in total. The number of thiophene rings is 1. The van der Waals surface area contributed by atoms with E-state index in [4.69, 9.17) is 9.47 Å². The number of ether oxygens (including phenoxy) is 2. The van der Waals surface area contributed by atoms with Gasteiger partial charge < -0.3 is 20.1 Å². The Kier molecular flexibility index (Phi) is 6.09. The van der Waals surface area contributed by atoms with Crippen LogP contribution < -0.4 is 20.1 Å². The third kappa shape index (κ3) is 4.96. The molecule has 0 fully saturated rings. The van der Waals surface area contributed by atoms with Crippen molar-refractivity contribution >= 4 is 17.4 Å². The Morgan fingerprint density at radius 3 is 2.64 bits per heavy atom. The molecule has 2 N–H and O–H groups in total. The molecule has 0 bridgehead atoms. The molecular weight excluding hydrogens is 300 g/mol. The third-order valence-corrected chi connectivity index (χ3v) is 3.83. The normalized spacial score (nSPS) is 11.5. The van der Waals surface area contributed by atoms with Gasteiger partial charge in [-0.05, 0) is 30.5 Å². The molecule has 2 amide bonds. The molecular formula is C16H20N2O3S. The SMILES string of the molecule is COc1ccccc1O[C@H](C)CNC(=O)NCc1cccs1. The lowest BCUT2D eigenvalue weighted by molar-refractivity contribution is 0.201. The maximum absolute atomic E-state index is 11.7. The fourth-order valence-electron chi connectivity index (χ4n) is 1.85. The van der Waals surface area contributed by atoms with Crippen LogP contribution in [0.3, 0.4) is 0 Å². The Bertz CT molecular complexity index is 587. The fourth-order valence-corrected chi connectivity index (χ4v) is 2.50. The monoisotopic (exact) mass is 320 g/mol. The number of carbonyl (C=O) groups excluding carboxylic acids is 1. The van der Waals surface area contributed by atoms with Gasteiger partial charge in [0.05, 0.1) is 20.2 Å². The summed E-state index contributed by atoms with van der Waals surface area (Å²) in [6, 6.07) is 11.2. The zero-order valence-electron chi connectivity index (χ0n) is 12.7. The quantitative estimate of drug-likeness (QED) is 0.824. The number of hydrogen-bond donors (Lipinski definition) is 2. The third-order valence-electron chi connectivity index (χ3n) is 2.95. The summed E-state index contributed by atoms with van der Waals surface area (Å²) in [6.07, 6.45) is -0.163. The van der Waals surface area contributed by atoms with Crippen molar-refractivity contribution in [1.29, 1.82) is 0 Å². The average Bonchev–Trinajstić information content (AvgIpc) is 3.05. The summed E-state index contributed by atoms with van der Waals surface area (Å²) in [4.78, 5) is 12.8. The highest BCUT2D eigenvalue weighted by Gasteiger charge is 2.10. The topological polar surface area (TPSA) is 59.6 Å². The number of carbonyl (C=O) groups is 1. The second-order valence-electron chi connectivity index (χ2n) is 4.72. The number of benzene rings is 1. The molecule has 0 aliphatic rings. The molecule has 1 aromatic heterocycles. The maximum Gasteiger partial charge on any atom is 0.315 e. The predicted octanol–water partition coefficient (Wildman–Crippen LogP) is 3.02. The van der Waals surface area contributed by atoms with Crippen LogP contribution in [0.2, 0.25) is 0 Å². The Morgan fingerprint density at radius 1 is 1.18 bits per heavy atom. The van der Waals surface area contributed by atoms with Gasteiger partial charge in [0.15, 0.2) is 11.5 Å². The van der Waals surface area contributed by atoms with Gasteiger partial charge in [0.2, 0.25) is 0 Å². The molecule has 6 heteroatoms. The fraction of sp³-hybridized carbons (Fsp3) is 0.312. The summed E-state index contributed by atoms with van der Waals surface area (Å²) in [5, 5.41) is 7.58. The lowest BCUT2D eigenvalue weighted by Gasteiger charge is -2.17. The smallest absolute Gasteiger partial charge is 0.315 e. The van der Waals surface area contributed by atoms with E-state index >= 15 is 0 Å². The van der Waals surface area contributed by atoms with Gasteiger partial charge in [0.25, 0.3) is 0 Å². The van der Waals surface area contributed by atoms with Crippen LogP contribution in [0.4, 0.5) is 4.79 Å². The van der Waals surface area contributed by atoms with Crippen molar-refractivity contribution in [3.8, 4) is 11.5 Å². The number of rotatable bonds is 7. The molecule has 22 heavy (non-hydrogen) atoms. The highest BCUT2D eigenvalue weighted by Crippen LogP contribution is 2.26. The van der Waals surface area contributed by atoms with Gasteiger partial charge in [0, 0.05) is 4.88 Å². The first kappa shape index (κ1) is 16.2. The minimum absolute atomic E-state index is 0.163. The van der Waals surface area contributed by atoms with Gasteiger partial charge in [-0.1, -0.05) is 18.2 Å². The standard InChI is InChI=1S/C16H20N2O3S/c1-12(21-15-8-4-3-7-14(15)20-2)10-17-16(19)18-11-13-6-5-9-22-13/h3-9,12H,10-11H2,1-2H3,(H2,17,18,19)/t12-/m1/s1. The Labute approximate surface area is 134 Å². The molecule has 1 heterocycles. The molecule has 0 aliphatic carbocycles. The van der Waals surface area contributed by atoms with E-state index < -0.39 is 0 Å². The largest absolute Gasteiger partial charge is 0.493 e. The Hall–Kier alpha value is -2.21. The summed E-state index contributed by atoms with van der Waals surface area (Å²) < 4.78 is 11.0. The molecule has 0 aliphatic heterocycles.